The maximum atomic E-state index is 12.1. The third-order valence-corrected chi connectivity index (χ3v) is 4.19. The van der Waals surface area contributed by atoms with Crippen molar-refractivity contribution in [3.8, 4) is 5.75 Å². The Morgan fingerprint density at radius 1 is 1.24 bits per heavy atom. The van der Waals surface area contributed by atoms with Gasteiger partial charge in [0.1, 0.15) is 5.75 Å². The Kier molecular flexibility index (Phi) is 6.42. The van der Waals surface area contributed by atoms with Crippen LogP contribution in [0.1, 0.15) is 35.3 Å². The molecule has 0 fully saturated rings. The van der Waals surface area contributed by atoms with Crippen LogP contribution in [0, 0.1) is 6.92 Å². The zero-order chi connectivity index (χ0) is 18.4. The number of amides is 1. The van der Waals surface area contributed by atoms with Gasteiger partial charge in [0.15, 0.2) is 0 Å². The lowest BCUT2D eigenvalue weighted by atomic mass is 10.1. The van der Waals surface area contributed by atoms with E-state index in [0.717, 1.165) is 24.3 Å². The minimum Gasteiger partial charge on any atom is -0.507 e. The molecule has 132 valence electrons. The number of hydrogen-bond acceptors (Lipinski definition) is 4. The molecule has 0 aliphatic heterocycles. The first kappa shape index (κ1) is 18.8. The molecule has 1 amide bonds. The molecule has 0 atom stereocenters. The van der Waals surface area contributed by atoms with Crippen molar-refractivity contribution in [3.63, 3.8) is 0 Å². The predicted molar refractivity (Wildman–Crippen MR) is 103 cm³/mol. The SMILES string of the molecule is CCN(CC)c1ccc(/C=N\NC(=O)c2ccc(C)cc2Cl)c(O)c1. The molecule has 6 heteroatoms. The van der Waals surface area contributed by atoms with Crippen LogP contribution >= 0.6 is 11.6 Å². The van der Waals surface area contributed by atoms with Gasteiger partial charge in [-0.3, -0.25) is 4.79 Å². The maximum absolute atomic E-state index is 12.1. The van der Waals surface area contributed by atoms with Crippen LogP contribution in [0.3, 0.4) is 0 Å². The van der Waals surface area contributed by atoms with Crippen LogP contribution in [0.4, 0.5) is 5.69 Å². The number of nitrogens with zero attached hydrogens (tertiary/aromatic N) is 2. The second-order valence-electron chi connectivity index (χ2n) is 5.60. The van der Waals surface area contributed by atoms with Gasteiger partial charge < -0.3 is 10.0 Å². The Labute approximate surface area is 152 Å². The Hall–Kier alpha value is -2.53. The molecule has 0 saturated heterocycles. The van der Waals surface area contributed by atoms with Crippen molar-refractivity contribution in [2.45, 2.75) is 20.8 Å². The molecule has 0 unspecified atom stereocenters. The van der Waals surface area contributed by atoms with E-state index in [9.17, 15) is 9.90 Å². The van der Waals surface area contributed by atoms with Crippen LogP contribution in [0.15, 0.2) is 41.5 Å². The number of phenols is 1. The highest BCUT2D eigenvalue weighted by Crippen LogP contribution is 2.23. The molecule has 2 aromatic carbocycles. The van der Waals surface area contributed by atoms with E-state index in [1.807, 2.05) is 19.1 Å². The van der Waals surface area contributed by atoms with Crippen molar-refractivity contribution in [3.05, 3.63) is 58.1 Å². The average Bonchev–Trinajstić information content (AvgIpc) is 2.57. The standard InChI is InChI=1S/C19H22ClN3O2/c1-4-23(5-2)15-8-7-14(18(24)11-15)12-21-22-19(25)16-9-6-13(3)10-17(16)20/h6-12,24H,4-5H2,1-3H3,(H,22,25)/b21-12-. The lowest BCUT2D eigenvalue weighted by Gasteiger charge is -2.21. The number of nitrogens with one attached hydrogen (secondary N) is 1. The lowest BCUT2D eigenvalue weighted by Crippen LogP contribution is -2.21. The second-order valence-corrected chi connectivity index (χ2v) is 6.01. The van der Waals surface area contributed by atoms with Crippen LogP contribution < -0.4 is 10.3 Å². The van der Waals surface area contributed by atoms with Crippen molar-refractivity contribution >= 4 is 29.4 Å². The fourth-order valence-corrected chi connectivity index (χ4v) is 2.77. The van der Waals surface area contributed by atoms with E-state index in [1.54, 1.807) is 24.3 Å². The summed E-state index contributed by atoms with van der Waals surface area (Å²) in [5, 5.41) is 14.4. The smallest absolute Gasteiger partial charge is 0.272 e. The first-order valence-corrected chi connectivity index (χ1v) is 8.51. The third-order valence-electron chi connectivity index (χ3n) is 3.88. The summed E-state index contributed by atoms with van der Waals surface area (Å²) in [6, 6.07) is 10.5. The van der Waals surface area contributed by atoms with Gasteiger partial charge in [-0.15, -0.1) is 0 Å². The van der Waals surface area contributed by atoms with Gasteiger partial charge in [0.05, 0.1) is 16.8 Å². The number of aromatic hydroxyl groups is 1. The molecular formula is C19H22ClN3O2. The number of carbonyl (C=O) groups is 1. The molecule has 2 rings (SSSR count). The predicted octanol–water partition coefficient (Wildman–Crippen LogP) is 3.96. The van der Waals surface area contributed by atoms with Crippen molar-refractivity contribution < 1.29 is 9.90 Å². The summed E-state index contributed by atoms with van der Waals surface area (Å²) >= 11 is 6.06. The van der Waals surface area contributed by atoms with Crippen LogP contribution in [0.2, 0.25) is 5.02 Å². The van der Waals surface area contributed by atoms with Gasteiger partial charge in [-0.1, -0.05) is 17.7 Å². The maximum Gasteiger partial charge on any atom is 0.272 e. The van der Waals surface area contributed by atoms with Gasteiger partial charge in [-0.25, -0.2) is 5.43 Å². The number of hydrogen-bond donors (Lipinski definition) is 2. The Morgan fingerprint density at radius 3 is 2.56 bits per heavy atom. The zero-order valence-corrected chi connectivity index (χ0v) is 15.3. The number of aryl methyl sites for hydroxylation is 1. The van der Waals surface area contributed by atoms with Crippen LogP contribution in [0.5, 0.6) is 5.75 Å². The normalized spacial score (nSPS) is 10.9. The Morgan fingerprint density at radius 2 is 1.96 bits per heavy atom. The second kappa shape index (κ2) is 8.53. The molecular weight excluding hydrogens is 338 g/mol. The van der Waals surface area contributed by atoms with E-state index < -0.39 is 5.91 Å². The molecule has 25 heavy (non-hydrogen) atoms. The fraction of sp³-hybridized carbons (Fsp3) is 0.263. The summed E-state index contributed by atoms with van der Waals surface area (Å²) in [4.78, 5) is 14.2. The quantitative estimate of drug-likeness (QED) is 0.606. The highest BCUT2D eigenvalue weighted by molar-refractivity contribution is 6.33. The van der Waals surface area contributed by atoms with Crippen LogP contribution in [-0.4, -0.2) is 30.3 Å². The van der Waals surface area contributed by atoms with Crippen molar-refractivity contribution in [1.82, 2.24) is 5.43 Å². The van der Waals surface area contributed by atoms with E-state index >= 15 is 0 Å². The van der Waals surface area contributed by atoms with Gasteiger partial charge >= 0.3 is 0 Å². The minimum atomic E-state index is -0.402. The summed E-state index contributed by atoms with van der Waals surface area (Å²) in [6.45, 7) is 7.73. The molecule has 0 heterocycles. The van der Waals surface area contributed by atoms with Gasteiger partial charge in [0.2, 0.25) is 0 Å². The van der Waals surface area contributed by atoms with Gasteiger partial charge in [0, 0.05) is 30.4 Å². The highest BCUT2D eigenvalue weighted by Gasteiger charge is 2.09. The summed E-state index contributed by atoms with van der Waals surface area (Å²) in [5.74, 6) is -0.295. The van der Waals surface area contributed by atoms with Gasteiger partial charge in [-0.05, 0) is 50.6 Å². The number of anilines is 1. The lowest BCUT2D eigenvalue weighted by molar-refractivity contribution is 0.0955. The molecule has 5 nitrogen and oxygen atoms in total. The molecule has 2 N–H and O–H groups in total. The number of hydrazone groups is 1. The van der Waals surface area contributed by atoms with E-state index in [0.29, 0.717) is 16.1 Å². The fourth-order valence-electron chi connectivity index (χ4n) is 2.45. The number of phenolic OH excluding ortho intramolecular Hbond substituents is 1. The third kappa shape index (κ3) is 4.73. The molecule has 0 saturated carbocycles. The summed E-state index contributed by atoms with van der Waals surface area (Å²) < 4.78 is 0. The van der Waals surface area contributed by atoms with E-state index in [-0.39, 0.29) is 5.75 Å². The molecule has 0 spiro atoms. The number of benzene rings is 2. The average molecular weight is 360 g/mol. The van der Waals surface area contributed by atoms with Crippen molar-refractivity contribution in [2.24, 2.45) is 5.10 Å². The summed E-state index contributed by atoms with van der Waals surface area (Å²) in [5.41, 5.74) is 5.21. The number of carbonyl (C=O) groups excluding carboxylic acids is 1. The number of halogens is 1. The minimum absolute atomic E-state index is 0.107. The molecule has 0 radical (unpaired) electrons. The van der Waals surface area contributed by atoms with Crippen LogP contribution in [0.25, 0.3) is 0 Å². The van der Waals surface area contributed by atoms with Gasteiger partial charge in [0.25, 0.3) is 5.91 Å². The van der Waals surface area contributed by atoms with E-state index in [1.165, 1.54) is 6.21 Å². The van der Waals surface area contributed by atoms with E-state index in [4.69, 9.17) is 11.6 Å². The molecule has 0 aliphatic rings. The first-order valence-electron chi connectivity index (χ1n) is 8.13. The highest BCUT2D eigenvalue weighted by atomic mass is 35.5. The monoisotopic (exact) mass is 359 g/mol. The molecule has 2 aromatic rings. The summed E-state index contributed by atoms with van der Waals surface area (Å²) in [7, 11) is 0. The van der Waals surface area contributed by atoms with Gasteiger partial charge in [-0.2, -0.15) is 5.10 Å². The number of rotatable bonds is 6. The first-order chi connectivity index (χ1) is 12.0. The largest absolute Gasteiger partial charge is 0.507 e. The summed E-state index contributed by atoms with van der Waals surface area (Å²) in [6.07, 6.45) is 1.40. The van der Waals surface area contributed by atoms with Crippen molar-refractivity contribution in [2.75, 3.05) is 18.0 Å². The Bertz CT molecular complexity index is 786. The van der Waals surface area contributed by atoms with E-state index in [2.05, 4.69) is 29.3 Å². The van der Waals surface area contributed by atoms with Crippen molar-refractivity contribution in [1.29, 1.82) is 0 Å². The van der Waals surface area contributed by atoms with Crippen LogP contribution in [-0.2, 0) is 0 Å². The zero-order valence-electron chi connectivity index (χ0n) is 14.6. The molecule has 0 aliphatic carbocycles. The molecule has 0 aromatic heterocycles. The Balaban J connectivity index is 2.08. The molecule has 0 bridgehead atoms. The topological polar surface area (TPSA) is 64.9 Å².